The second-order valence-electron chi connectivity index (χ2n) is 6.26. The number of amides is 3. The Kier molecular flexibility index (Phi) is 6.73. The number of benzene rings is 2. The van der Waals surface area contributed by atoms with Crippen LogP contribution < -0.4 is 16.0 Å². The fraction of sp³-hybridized carbons (Fsp3) is 0.136. The van der Waals surface area contributed by atoms with Crippen molar-refractivity contribution in [2.45, 2.75) is 19.0 Å². The van der Waals surface area contributed by atoms with Crippen LogP contribution in [0.1, 0.15) is 11.1 Å². The standard InChI is InChI=1S/C22H22N4O2/c27-21(26-20-13-7-8-14-23-20)19(15-17-9-3-1-4-10-17)25-22(28)24-16-18-11-5-2-6-12-18/h1-14,19H,15-16H2,(H,23,26,27)(H2,24,25,28)/t19-/m0/s1. The third-order valence-electron chi connectivity index (χ3n) is 4.12. The highest BCUT2D eigenvalue weighted by atomic mass is 16.2. The Balaban J connectivity index is 1.64. The van der Waals surface area contributed by atoms with Gasteiger partial charge < -0.3 is 16.0 Å². The highest BCUT2D eigenvalue weighted by Crippen LogP contribution is 2.07. The molecule has 6 heteroatoms. The normalized spacial score (nSPS) is 11.3. The van der Waals surface area contributed by atoms with Crippen LogP contribution in [-0.4, -0.2) is 23.0 Å². The quantitative estimate of drug-likeness (QED) is 0.594. The van der Waals surface area contributed by atoms with E-state index < -0.39 is 12.1 Å². The first-order valence-corrected chi connectivity index (χ1v) is 9.05. The van der Waals surface area contributed by atoms with Crippen molar-refractivity contribution in [1.29, 1.82) is 0 Å². The van der Waals surface area contributed by atoms with Crippen LogP contribution in [0, 0.1) is 0 Å². The minimum absolute atomic E-state index is 0.322. The number of pyridine rings is 1. The van der Waals surface area contributed by atoms with Crippen LogP contribution in [0.4, 0.5) is 10.6 Å². The third kappa shape index (κ3) is 5.95. The van der Waals surface area contributed by atoms with E-state index in [1.807, 2.05) is 60.7 Å². The molecule has 0 unspecified atom stereocenters. The average Bonchev–Trinajstić information content (AvgIpc) is 2.74. The summed E-state index contributed by atoms with van der Waals surface area (Å²) in [6, 6.07) is 23.3. The summed E-state index contributed by atoms with van der Waals surface area (Å²) < 4.78 is 0. The Bertz CT molecular complexity index is 886. The summed E-state index contributed by atoms with van der Waals surface area (Å²) in [5.74, 6) is 0.120. The number of anilines is 1. The van der Waals surface area contributed by atoms with Crippen molar-refractivity contribution in [3.05, 3.63) is 96.2 Å². The molecule has 0 bridgehead atoms. The summed E-state index contributed by atoms with van der Waals surface area (Å²) in [6.45, 7) is 0.382. The van der Waals surface area contributed by atoms with Crippen molar-refractivity contribution in [2.24, 2.45) is 0 Å². The minimum Gasteiger partial charge on any atom is -0.334 e. The largest absolute Gasteiger partial charge is 0.334 e. The molecular weight excluding hydrogens is 352 g/mol. The van der Waals surface area contributed by atoms with Gasteiger partial charge in [-0.1, -0.05) is 66.7 Å². The van der Waals surface area contributed by atoms with Crippen LogP contribution in [0.3, 0.4) is 0 Å². The van der Waals surface area contributed by atoms with E-state index in [-0.39, 0.29) is 5.91 Å². The summed E-state index contributed by atoms with van der Waals surface area (Å²) in [6.07, 6.45) is 1.97. The number of hydrogen-bond acceptors (Lipinski definition) is 3. The Morgan fingerprint density at radius 2 is 1.46 bits per heavy atom. The van der Waals surface area contributed by atoms with E-state index in [0.717, 1.165) is 11.1 Å². The highest BCUT2D eigenvalue weighted by Gasteiger charge is 2.21. The van der Waals surface area contributed by atoms with Gasteiger partial charge in [0.25, 0.3) is 0 Å². The molecule has 0 radical (unpaired) electrons. The first kappa shape index (κ1) is 19.1. The second-order valence-corrected chi connectivity index (χ2v) is 6.26. The van der Waals surface area contributed by atoms with Crippen molar-refractivity contribution in [1.82, 2.24) is 15.6 Å². The van der Waals surface area contributed by atoms with Gasteiger partial charge in [-0.3, -0.25) is 4.79 Å². The Labute approximate surface area is 164 Å². The van der Waals surface area contributed by atoms with Crippen LogP contribution in [0.25, 0.3) is 0 Å². The molecule has 0 aliphatic heterocycles. The molecule has 28 heavy (non-hydrogen) atoms. The van der Waals surface area contributed by atoms with E-state index >= 15 is 0 Å². The molecule has 142 valence electrons. The lowest BCUT2D eigenvalue weighted by Gasteiger charge is -2.19. The highest BCUT2D eigenvalue weighted by molar-refractivity contribution is 5.96. The van der Waals surface area contributed by atoms with Gasteiger partial charge in [-0.05, 0) is 23.3 Å². The lowest BCUT2D eigenvalue weighted by molar-refractivity contribution is -0.117. The van der Waals surface area contributed by atoms with E-state index in [1.54, 1.807) is 24.4 Å². The predicted octanol–water partition coefficient (Wildman–Crippen LogP) is 3.13. The number of rotatable bonds is 7. The summed E-state index contributed by atoms with van der Waals surface area (Å²) in [7, 11) is 0. The molecule has 3 aromatic rings. The van der Waals surface area contributed by atoms with E-state index in [2.05, 4.69) is 20.9 Å². The van der Waals surface area contributed by atoms with Crippen LogP contribution in [0.2, 0.25) is 0 Å². The predicted molar refractivity (Wildman–Crippen MR) is 109 cm³/mol. The number of nitrogens with one attached hydrogen (secondary N) is 3. The lowest BCUT2D eigenvalue weighted by Crippen LogP contribution is -2.49. The molecule has 0 spiro atoms. The van der Waals surface area contributed by atoms with E-state index in [9.17, 15) is 9.59 Å². The van der Waals surface area contributed by atoms with Crippen LogP contribution in [0.5, 0.6) is 0 Å². The number of carbonyl (C=O) groups is 2. The molecule has 1 heterocycles. The van der Waals surface area contributed by atoms with Crippen LogP contribution in [-0.2, 0) is 17.8 Å². The van der Waals surface area contributed by atoms with Gasteiger partial charge in [0.1, 0.15) is 11.9 Å². The maximum absolute atomic E-state index is 12.7. The van der Waals surface area contributed by atoms with Crippen LogP contribution in [0.15, 0.2) is 85.1 Å². The maximum atomic E-state index is 12.7. The first-order chi connectivity index (χ1) is 13.7. The molecule has 3 rings (SSSR count). The molecule has 3 amide bonds. The van der Waals surface area contributed by atoms with Gasteiger partial charge in [0.05, 0.1) is 0 Å². The topological polar surface area (TPSA) is 83.1 Å². The second kappa shape index (κ2) is 9.87. The molecule has 0 aliphatic carbocycles. The Morgan fingerprint density at radius 1 is 0.821 bits per heavy atom. The van der Waals surface area contributed by atoms with E-state index in [0.29, 0.717) is 18.8 Å². The molecular formula is C22H22N4O2. The van der Waals surface area contributed by atoms with Gasteiger partial charge in [0, 0.05) is 19.2 Å². The summed E-state index contributed by atoms with van der Waals surface area (Å²) in [5, 5.41) is 8.30. The first-order valence-electron chi connectivity index (χ1n) is 9.05. The summed E-state index contributed by atoms with van der Waals surface area (Å²) in [4.78, 5) is 29.2. The minimum atomic E-state index is -0.736. The van der Waals surface area contributed by atoms with Gasteiger partial charge in [-0.15, -0.1) is 0 Å². The SMILES string of the molecule is O=C(NCc1ccccc1)N[C@@H](Cc1ccccc1)C(=O)Nc1ccccn1. The molecule has 0 saturated carbocycles. The van der Waals surface area contributed by atoms with Crippen molar-refractivity contribution < 1.29 is 9.59 Å². The van der Waals surface area contributed by atoms with E-state index in [4.69, 9.17) is 0 Å². The maximum Gasteiger partial charge on any atom is 0.315 e. The van der Waals surface area contributed by atoms with Gasteiger partial charge in [-0.2, -0.15) is 0 Å². The van der Waals surface area contributed by atoms with Crippen molar-refractivity contribution >= 4 is 17.8 Å². The molecule has 6 nitrogen and oxygen atoms in total. The number of nitrogens with zero attached hydrogens (tertiary/aromatic N) is 1. The molecule has 3 N–H and O–H groups in total. The smallest absolute Gasteiger partial charge is 0.315 e. The Hall–Kier alpha value is -3.67. The molecule has 0 aliphatic rings. The molecule has 1 atom stereocenters. The summed E-state index contributed by atoms with van der Waals surface area (Å²) >= 11 is 0. The zero-order valence-electron chi connectivity index (χ0n) is 15.3. The van der Waals surface area contributed by atoms with E-state index in [1.165, 1.54) is 0 Å². The van der Waals surface area contributed by atoms with Gasteiger partial charge >= 0.3 is 6.03 Å². The van der Waals surface area contributed by atoms with Crippen molar-refractivity contribution in [3.8, 4) is 0 Å². The zero-order valence-corrected chi connectivity index (χ0v) is 15.3. The zero-order chi connectivity index (χ0) is 19.6. The van der Waals surface area contributed by atoms with Gasteiger partial charge in [0.15, 0.2) is 0 Å². The molecule has 2 aromatic carbocycles. The lowest BCUT2D eigenvalue weighted by atomic mass is 10.1. The number of aromatic nitrogens is 1. The van der Waals surface area contributed by atoms with Crippen molar-refractivity contribution in [2.75, 3.05) is 5.32 Å². The van der Waals surface area contributed by atoms with Crippen LogP contribution >= 0.6 is 0 Å². The molecule has 1 aromatic heterocycles. The monoisotopic (exact) mass is 374 g/mol. The fourth-order valence-corrected chi connectivity index (χ4v) is 2.70. The average molecular weight is 374 g/mol. The molecule has 0 saturated heterocycles. The molecule has 0 fully saturated rings. The Morgan fingerprint density at radius 3 is 2.11 bits per heavy atom. The summed E-state index contributed by atoms with van der Waals surface area (Å²) in [5.41, 5.74) is 1.93. The van der Waals surface area contributed by atoms with Gasteiger partial charge in [-0.25, -0.2) is 9.78 Å². The number of carbonyl (C=O) groups excluding carboxylic acids is 2. The third-order valence-corrected chi connectivity index (χ3v) is 4.12. The number of hydrogen-bond donors (Lipinski definition) is 3. The number of urea groups is 1. The van der Waals surface area contributed by atoms with Gasteiger partial charge in [0.2, 0.25) is 5.91 Å². The fourth-order valence-electron chi connectivity index (χ4n) is 2.70. The van der Waals surface area contributed by atoms with Crippen molar-refractivity contribution in [3.63, 3.8) is 0 Å².